The average molecular weight is 452 g/mol. The quantitative estimate of drug-likeness (QED) is 0.587. The van der Waals surface area contributed by atoms with Crippen LogP contribution in [0.1, 0.15) is 38.6 Å². The number of rotatable bonds is 7. The fourth-order valence-electron chi connectivity index (χ4n) is 4.08. The standard InChI is InChI=1S/C24H25N3O4S/c1-15-25-20(14-32-15)22-21(23(28)26-16-7-6-8-17(13-16)31-3)18-9-4-5-10-19(18)24(29)27(22)11-12-30-2/h4-10,13-14,21-22H,11-12H2,1-3H3,(H,26,28). The molecule has 2 unspecified atom stereocenters. The molecule has 0 bridgehead atoms. The molecule has 3 aromatic rings. The van der Waals surface area contributed by atoms with Crippen molar-refractivity contribution in [2.24, 2.45) is 0 Å². The number of fused-ring (bicyclic) bond motifs is 1. The number of ether oxygens (including phenoxy) is 2. The largest absolute Gasteiger partial charge is 0.497 e. The van der Waals surface area contributed by atoms with Crippen LogP contribution in [0.3, 0.4) is 0 Å². The molecule has 0 fully saturated rings. The highest BCUT2D eigenvalue weighted by Crippen LogP contribution is 2.43. The number of hydrogen-bond acceptors (Lipinski definition) is 6. The first-order valence-electron chi connectivity index (χ1n) is 10.3. The van der Waals surface area contributed by atoms with Crippen molar-refractivity contribution in [3.8, 4) is 5.75 Å². The molecule has 2 heterocycles. The van der Waals surface area contributed by atoms with E-state index in [-0.39, 0.29) is 11.8 Å². The zero-order valence-electron chi connectivity index (χ0n) is 18.2. The van der Waals surface area contributed by atoms with Gasteiger partial charge in [-0.05, 0) is 30.7 Å². The second-order valence-corrected chi connectivity index (χ2v) is 8.58. The third kappa shape index (κ3) is 4.24. The number of aromatic nitrogens is 1. The van der Waals surface area contributed by atoms with Crippen molar-refractivity contribution in [1.82, 2.24) is 9.88 Å². The van der Waals surface area contributed by atoms with Crippen LogP contribution in [0.25, 0.3) is 0 Å². The zero-order chi connectivity index (χ0) is 22.7. The number of carbonyl (C=O) groups excluding carboxylic acids is 2. The molecule has 8 heteroatoms. The molecule has 7 nitrogen and oxygen atoms in total. The maximum absolute atomic E-state index is 13.7. The highest BCUT2D eigenvalue weighted by molar-refractivity contribution is 7.09. The van der Waals surface area contributed by atoms with E-state index in [1.165, 1.54) is 11.3 Å². The summed E-state index contributed by atoms with van der Waals surface area (Å²) in [6.07, 6.45) is 0. The molecule has 32 heavy (non-hydrogen) atoms. The summed E-state index contributed by atoms with van der Waals surface area (Å²) < 4.78 is 10.5. The minimum absolute atomic E-state index is 0.126. The third-order valence-electron chi connectivity index (χ3n) is 5.53. The van der Waals surface area contributed by atoms with Crippen LogP contribution in [0.5, 0.6) is 5.75 Å². The summed E-state index contributed by atoms with van der Waals surface area (Å²) in [6, 6.07) is 14.0. The number of amides is 2. The smallest absolute Gasteiger partial charge is 0.254 e. The molecule has 166 valence electrons. The molecule has 0 spiro atoms. The second-order valence-electron chi connectivity index (χ2n) is 7.51. The lowest BCUT2D eigenvalue weighted by Gasteiger charge is -2.40. The van der Waals surface area contributed by atoms with Crippen molar-refractivity contribution < 1.29 is 19.1 Å². The van der Waals surface area contributed by atoms with E-state index in [2.05, 4.69) is 10.3 Å². The molecule has 2 atom stereocenters. The second kappa shape index (κ2) is 9.50. The fourth-order valence-corrected chi connectivity index (χ4v) is 4.72. The van der Waals surface area contributed by atoms with Gasteiger partial charge >= 0.3 is 0 Å². The number of anilines is 1. The summed E-state index contributed by atoms with van der Waals surface area (Å²) in [6.45, 7) is 2.63. The third-order valence-corrected chi connectivity index (χ3v) is 6.33. The summed E-state index contributed by atoms with van der Waals surface area (Å²) in [7, 11) is 3.18. The highest BCUT2D eigenvalue weighted by Gasteiger charge is 2.45. The SMILES string of the molecule is COCCN1C(=O)c2ccccc2C(C(=O)Nc2cccc(OC)c2)C1c1csc(C)n1. The number of carbonyl (C=O) groups is 2. The lowest BCUT2D eigenvalue weighted by Crippen LogP contribution is -2.47. The van der Waals surface area contributed by atoms with Gasteiger partial charge in [-0.15, -0.1) is 11.3 Å². The van der Waals surface area contributed by atoms with Gasteiger partial charge in [0.05, 0.1) is 36.4 Å². The van der Waals surface area contributed by atoms with Gasteiger partial charge in [0, 0.05) is 36.4 Å². The first kappa shape index (κ1) is 22.0. The van der Waals surface area contributed by atoms with E-state index < -0.39 is 12.0 Å². The van der Waals surface area contributed by atoms with Gasteiger partial charge in [-0.3, -0.25) is 9.59 Å². The van der Waals surface area contributed by atoms with Crippen molar-refractivity contribution in [1.29, 1.82) is 0 Å². The van der Waals surface area contributed by atoms with Gasteiger partial charge in [-0.2, -0.15) is 0 Å². The minimum atomic E-state index is -0.631. The van der Waals surface area contributed by atoms with E-state index in [1.54, 1.807) is 31.3 Å². The van der Waals surface area contributed by atoms with Crippen LogP contribution in [0.15, 0.2) is 53.9 Å². The van der Waals surface area contributed by atoms with Crippen molar-refractivity contribution in [2.45, 2.75) is 18.9 Å². The molecule has 1 N–H and O–H groups in total. The van der Waals surface area contributed by atoms with Crippen LogP contribution < -0.4 is 10.1 Å². The van der Waals surface area contributed by atoms with E-state index in [0.717, 1.165) is 5.01 Å². The van der Waals surface area contributed by atoms with E-state index in [0.29, 0.717) is 41.4 Å². The summed E-state index contributed by atoms with van der Waals surface area (Å²) in [5, 5.41) is 5.82. The van der Waals surface area contributed by atoms with Crippen LogP contribution in [0.4, 0.5) is 5.69 Å². The summed E-state index contributed by atoms with van der Waals surface area (Å²) in [5.41, 5.74) is 2.55. The Morgan fingerprint density at radius 3 is 2.72 bits per heavy atom. The Morgan fingerprint density at radius 1 is 1.19 bits per heavy atom. The first-order chi connectivity index (χ1) is 15.5. The van der Waals surface area contributed by atoms with Crippen LogP contribution in [-0.2, 0) is 9.53 Å². The van der Waals surface area contributed by atoms with E-state index >= 15 is 0 Å². The average Bonchev–Trinajstić information content (AvgIpc) is 3.24. The Morgan fingerprint density at radius 2 is 2.00 bits per heavy atom. The number of hydrogen-bond donors (Lipinski definition) is 1. The molecular formula is C24H25N3O4S. The highest BCUT2D eigenvalue weighted by atomic mass is 32.1. The van der Waals surface area contributed by atoms with Gasteiger partial charge in [-0.1, -0.05) is 24.3 Å². The van der Waals surface area contributed by atoms with Crippen molar-refractivity contribution in [3.05, 3.63) is 75.7 Å². The van der Waals surface area contributed by atoms with Gasteiger partial charge in [0.1, 0.15) is 5.75 Å². The Kier molecular flexibility index (Phi) is 6.53. The predicted octanol–water partition coefficient (Wildman–Crippen LogP) is 4.03. The summed E-state index contributed by atoms with van der Waals surface area (Å²) in [5.74, 6) is -0.320. The first-order valence-corrected chi connectivity index (χ1v) is 11.2. The molecule has 0 aliphatic carbocycles. The minimum Gasteiger partial charge on any atom is -0.497 e. The molecule has 0 saturated heterocycles. The van der Waals surface area contributed by atoms with E-state index in [1.807, 2.05) is 48.7 Å². The maximum Gasteiger partial charge on any atom is 0.254 e. The number of aryl methyl sites for hydroxylation is 1. The number of nitrogens with one attached hydrogen (secondary N) is 1. The Bertz CT molecular complexity index is 1130. The van der Waals surface area contributed by atoms with Crippen molar-refractivity contribution in [3.63, 3.8) is 0 Å². The molecule has 1 aliphatic heterocycles. The van der Waals surface area contributed by atoms with Crippen LogP contribution in [-0.4, -0.2) is 49.1 Å². The lowest BCUT2D eigenvalue weighted by molar-refractivity contribution is -0.119. The molecule has 0 radical (unpaired) electrons. The number of nitrogens with zero attached hydrogens (tertiary/aromatic N) is 2. The normalized spacial score (nSPS) is 17.7. The fraction of sp³-hybridized carbons (Fsp3) is 0.292. The van der Waals surface area contributed by atoms with Crippen LogP contribution >= 0.6 is 11.3 Å². The molecular weight excluding hydrogens is 426 g/mol. The van der Waals surface area contributed by atoms with E-state index in [4.69, 9.17) is 9.47 Å². The Labute approximate surface area is 191 Å². The number of thiazole rings is 1. The van der Waals surface area contributed by atoms with Gasteiger partial charge in [0.15, 0.2) is 0 Å². The molecule has 2 amide bonds. The van der Waals surface area contributed by atoms with Gasteiger partial charge in [-0.25, -0.2) is 4.98 Å². The van der Waals surface area contributed by atoms with E-state index in [9.17, 15) is 9.59 Å². The maximum atomic E-state index is 13.7. The molecule has 1 aromatic heterocycles. The Balaban J connectivity index is 1.80. The topological polar surface area (TPSA) is 80.8 Å². The van der Waals surface area contributed by atoms with Crippen LogP contribution in [0, 0.1) is 6.92 Å². The van der Waals surface area contributed by atoms with Crippen molar-refractivity contribution >= 4 is 28.8 Å². The molecule has 4 rings (SSSR count). The van der Waals surface area contributed by atoms with Crippen molar-refractivity contribution in [2.75, 3.05) is 32.7 Å². The summed E-state index contributed by atoms with van der Waals surface area (Å²) in [4.78, 5) is 33.5. The lowest BCUT2D eigenvalue weighted by atomic mass is 9.81. The Hall–Kier alpha value is -3.23. The van der Waals surface area contributed by atoms with Crippen LogP contribution in [0.2, 0.25) is 0 Å². The van der Waals surface area contributed by atoms with Gasteiger partial charge < -0.3 is 19.7 Å². The van der Waals surface area contributed by atoms with Gasteiger partial charge in [0.25, 0.3) is 5.91 Å². The monoisotopic (exact) mass is 451 g/mol. The predicted molar refractivity (Wildman–Crippen MR) is 123 cm³/mol. The molecule has 1 aliphatic rings. The summed E-state index contributed by atoms with van der Waals surface area (Å²) >= 11 is 1.50. The number of methoxy groups -OCH3 is 2. The molecule has 2 aromatic carbocycles. The van der Waals surface area contributed by atoms with Gasteiger partial charge in [0.2, 0.25) is 5.91 Å². The zero-order valence-corrected chi connectivity index (χ0v) is 19.0. The number of benzene rings is 2. The molecule has 0 saturated carbocycles.